The quantitative estimate of drug-likeness (QED) is 0.289. The van der Waals surface area contributed by atoms with E-state index < -0.39 is 34.6 Å². The molecule has 31 heavy (non-hydrogen) atoms. The van der Waals surface area contributed by atoms with Crippen LogP contribution in [0.1, 0.15) is 49.4 Å². The predicted octanol–water partition coefficient (Wildman–Crippen LogP) is 4.04. The second-order valence-electron chi connectivity index (χ2n) is 8.07. The minimum absolute atomic E-state index is 0. The Balaban J connectivity index is 0.00000480. The first-order valence-electron chi connectivity index (χ1n) is 8.99. The van der Waals surface area contributed by atoms with Gasteiger partial charge in [0.25, 0.3) is 5.91 Å². The van der Waals surface area contributed by atoms with Crippen molar-refractivity contribution in [1.82, 2.24) is 9.97 Å². The minimum Gasteiger partial charge on any atom is -0.412 e. The Morgan fingerprint density at radius 2 is 1.77 bits per heavy atom. The van der Waals surface area contributed by atoms with E-state index >= 15 is 0 Å². The summed E-state index contributed by atoms with van der Waals surface area (Å²) in [5, 5.41) is 2.49. The second-order valence-corrected chi connectivity index (χ2v) is 8.07. The third kappa shape index (κ3) is 6.23. The van der Waals surface area contributed by atoms with Crippen LogP contribution in [0.3, 0.4) is 0 Å². The fraction of sp³-hybridized carbons (Fsp3) is 0.333. The number of anilines is 1. The van der Waals surface area contributed by atoms with Crippen molar-refractivity contribution in [2.75, 3.05) is 5.32 Å². The van der Waals surface area contributed by atoms with Crippen molar-refractivity contribution in [3.63, 3.8) is 0 Å². The topological polar surface area (TPSA) is 93.3 Å². The first-order chi connectivity index (χ1) is 13.6. The van der Waals surface area contributed by atoms with Gasteiger partial charge in [-0.2, -0.15) is 0 Å². The molecule has 0 unspecified atom stereocenters. The van der Waals surface area contributed by atoms with Gasteiger partial charge in [0, 0.05) is 22.9 Å². The van der Waals surface area contributed by atoms with Gasteiger partial charge in [0.05, 0.1) is 11.9 Å². The van der Waals surface area contributed by atoms with Gasteiger partial charge in [-0.15, -0.1) is 0 Å². The maximum atomic E-state index is 14.4. The molecule has 10 heteroatoms. The molecule has 0 aliphatic rings. The number of amides is 1. The summed E-state index contributed by atoms with van der Waals surface area (Å²) in [5.41, 5.74) is 2.97. The number of carbonyl (C=O) groups excluding carboxylic acids is 1. The molecule has 1 aromatic carbocycles. The zero-order chi connectivity index (χ0) is 22.9. The maximum absolute atomic E-state index is 14.4. The number of nitrogens with one attached hydrogen (secondary N) is 1. The van der Waals surface area contributed by atoms with E-state index in [4.69, 9.17) is 5.73 Å². The molecule has 0 bridgehead atoms. The summed E-state index contributed by atoms with van der Waals surface area (Å²) in [5.74, 6) is -5.72. The normalized spacial score (nSPS) is 14.4. The van der Waals surface area contributed by atoms with Gasteiger partial charge in [-0.3, -0.25) is 21.7 Å². The van der Waals surface area contributed by atoms with Crippen LogP contribution in [0.5, 0.6) is 0 Å². The van der Waals surface area contributed by atoms with Crippen molar-refractivity contribution in [3.8, 4) is 0 Å². The summed E-state index contributed by atoms with van der Waals surface area (Å²) in [6.07, 6.45) is 2.79. The Labute approximate surface area is 203 Å². The van der Waals surface area contributed by atoms with Crippen LogP contribution in [0.2, 0.25) is 0 Å². The number of aromatic nitrogens is 2. The van der Waals surface area contributed by atoms with Crippen molar-refractivity contribution in [3.05, 3.63) is 67.2 Å². The van der Waals surface area contributed by atoms with E-state index in [0.717, 1.165) is 19.1 Å². The van der Waals surface area contributed by atoms with Crippen molar-refractivity contribution in [1.29, 1.82) is 0 Å². The molecule has 0 spiro atoms. The van der Waals surface area contributed by atoms with Crippen LogP contribution in [0.25, 0.3) is 0 Å². The van der Waals surface area contributed by atoms with Gasteiger partial charge in [0.1, 0.15) is 17.1 Å². The van der Waals surface area contributed by atoms with E-state index in [-0.39, 0.29) is 47.9 Å². The van der Waals surface area contributed by atoms with E-state index in [1.54, 1.807) is 0 Å². The largest absolute Gasteiger partial charge is 2.00 e. The van der Waals surface area contributed by atoms with Crippen LogP contribution in [-0.4, -0.2) is 27.6 Å². The SMILES string of the molecule is [CH2-]C(N)=N[C@](C)(c1cc(NC(=O)c2cnc(C(C)(C)C)cn2)ccc1F)C([CH2-])(F)F.[U+2]. The molecule has 1 atom stereocenters. The molecule has 2 rings (SSSR count). The summed E-state index contributed by atoms with van der Waals surface area (Å²) in [6.45, 7) is 12.9. The number of amidine groups is 1. The van der Waals surface area contributed by atoms with Gasteiger partial charge >= 0.3 is 31.1 Å². The number of nitrogens with two attached hydrogens (primary N) is 1. The zero-order valence-electron chi connectivity index (χ0n) is 17.8. The first-order valence-corrected chi connectivity index (χ1v) is 8.99. The Morgan fingerprint density at radius 1 is 1.16 bits per heavy atom. The maximum Gasteiger partial charge on any atom is 2.00 e. The van der Waals surface area contributed by atoms with E-state index in [1.165, 1.54) is 18.5 Å². The van der Waals surface area contributed by atoms with Crippen LogP contribution in [0.4, 0.5) is 18.9 Å². The van der Waals surface area contributed by atoms with Gasteiger partial charge in [-0.1, -0.05) is 20.8 Å². The number of hydrogen-bond acceptors (Lipinski definition) is 4. The predicted molar refractivity (Wildman–Crippen MR) is 110 cm³/mol. The van der Waals surface area contributed by atoms with Gasteiger partial charge in [0.15, 0.2) is 5.92 Å². The number of alkyl halides is 2. The molecule has 2 aromatic rings. The minimum atomic E-state index is -3.72. The summed E-state index contributed by atoms with van der Waals surface area (Å²) in [7, 11) is 0. The number of benzene rings is 1. The number of carbonyl (C=O) groups is 1. The third-order valence-corrected chi connectivity index (χ3v) is 4.48. The van der Waals surface area contributed by atoms with Crippen molar-refractivity contribution in [2.45, 2.75) is 44.6 Å². The number of halogens is 3. The molecule has 0 aliphatic heterocycles. The molecule has 3 N–H and O–H groups in total. The summed E-state index contributed by atoms with van der Waals surface area (Å²) >= 11 is 0. The van der Waals surface area contributed by atoms with Crippen molar-refractivity contribution >= 4 is 17.4 Å². The van der Waals surface area contributed by atoms with E-state index in [9.17, 15) is 18.0 Å². The Bertz CT molecular complexity index is 964. The second kappa shape index (κ2) is 9.62. The molecule has 1 aromatic heterocycles. The molecule has 1 heterocycles. The Morgan fingerprint density at radius 3 is 2.23 bits per heavy atom. The number of rotatable bonds is 5. The van der Waals surface area contributed by atoms with Crippen LogP contribution >= 0.6 is 0 Å². The smallest absolute Gasteiger partial charge is 0.412 e. The molecular weight excluding hydrogens is 633 g/mol. The average molecular weight is 657 g/mol. The van der Waals surface area contributed by atoms with E-state index in [0.29, 0.717) is 5.69 Å². The summed E-state index contributed by atoms with van der Waals surface area (Å²) in [6, 6.07) is 3.22. The molecule has 6 nitrogen and oxygen atoms in total. The Hall–Kier alpha value is -2.05. The zero-order valence-corrected chi connectivity index (χ0v) is 21.9. The standard InChI is InChI=1S/C21H24F3N5O.U/c1-12(25)29-20(5,21(6,23)24)14-9-13(7-8-15(14)22)28-18(30)16-10-27-17(11-26-16)19(2,3)4;/h7-11H,1,6H2,2-5H3,(H2,25,29)(H,28,30);/q-2;+2/t20-;/m1./s1. The Kier molecular flexibility index (Phi) is 8.37. The molecule has 0 aliphatic carbocycles. The molecule has 164 valence electrons. The fourth-order valence-electron chi connectivity index (χ4n) is 2.63. The van der Waals surface area contributed by atoms with Gasteiger partial charge in [-0.25, -0.2) is 18.2 Å². The van der Waals surface area contributed by atoms with Crippen LogP contribution in [0, 0.1) is 50.8 Å². The number of nitrogens with zero attached hydrogens (tertiary/aromatic N) is 3. The number of aliphatic imine (C=N–C) groups is 1. The van der Waals surface area contributed by atoms with Crippen LogP contribution in [0.15, 0.2) is 35.6 Å². The molecule has 0 fully saturated rings. The van der Waals surface area contributed by atoms with Gasteiger partial charge in [-0.05, 0) is 31.0 Å². The first kappa shape index (κ1) is 27.0. The molecule has 0 saturated carbocycles. The van der Waals surface area contributed by atoms with Gasteiger partial charge < -0.3 is 18.0 Å². The van der Waals surface area contributed by atoms with E-state index in [2.05, 4.69) is 34.1 Å². The molecular formula is C21H24F3N5OU. The number of hydrogen-bond donors (Lipinski definition) is 2. The van der Waals surface area contributed by atoms with Crippen LogP contribution in [-0.2, 0) is 11.0 Å². The fourth-order valence-corrected chi connectivity index (χ4v) is 2.63. The molecule has 0 radical (unpaired) electrons. The molecule has 0 saturated heterocycles. The summed E-state index contributed by atoms with van der Waals surface area (Å²) < 4.78 is 42.9. The van der Waals surface area contributed by atoms with Crippen LogP contribution < -0.4 is 11.1 Å². The van der Waals surface area contributed by atoms with E-state index in [1.807, 2.05) is 20.8 Å². The monoisotopic (exact) mass is 657 g/mol. The molecule has 1 amide bonds. The van der Waals surface area contributed by atoms with Gasteiger partial charge in [0.2, 0.25) is 0 Å². The van der Waals surface area contributed by atoms with Crippen molar-refractivity contribution < 1.29 is 49.1 Å². The summed E-state index contributed by atoms with van der Waals surface area (Å²) in [4.78, 5) is 24.4. The van der Waals surface area contributed by atoms with Crippen molar-refractivity contribution in [2.24, 2.45) is 10.7 Å². The average Bonchev–Trinajstić information content (AvgIpc) is 2.61. The third-order valence-electron chi connectivity index (χ3n) is 4.48.